The molecule has 0 radical (unpaired) electrons. The monoisotopic (exact) mass is 243 g/mol. The maximum Gasteiger partial charge on any atom is 0.0107 e. The number of hydrogen-bond donors (Lipinski definition) is 1. The van der Waals surface area contributed by atoms with Gasteiger partial charge in [-0.3, -0.25) is 0 Å². The predicted octanol–water partition coefficient (Wildman–Crippen LogP) is 2.17. The lowest BCUT2D eigenvalue weighted by atomic mass is 10.1. The molecule has 0 aliphatic heterocycles. The fourth-order valence-electron chi connectivity index (χ4n) is 2.53. The predicted molar refractivity (Wildman–Crippen MR) is 77.4 cm³/mol. The molecular formula is C14H33N3. The Kier molecular flexibility index (Phi) is 10.9. The van der Waals surface area contributed by atoms with Crippen LogP contribution in [0.2, 0.25) is 0 Å². The van der Waals surface area contributed by atoms with Crippen molar-refractivity contribution in [2.75, 3.05) is 39.3 Å². The summed E-state index contributed by atoms with van der Waals surface area (Å²) in [6, 6.07) is 0.686. The molecule has 104 valence electrons. The van der Waals surface area contributed by atoms with E-state index in [1.165, 1.54) is 32.5 Å². The molecule has 0 saturated carbocycles. The maximum absolute atomic E-state index is 5.72. The average molecular weight is 243 g/mol. The van der Waals surface area contributed by atoms with Gasteiger partial charge < -0.3 is 15.5 Å². The molecule has 0 aliphatic carbocycles. The van der Waals surface area contributed by atoms with Gasteiger partial charge in [0.2, 0.25) is 0 Å². The van der Waals surface area contributed by atoms with Crippen LogP contribution in [0.25, 0.3) is 0 Å². The van der Waals surface area contributed by atoms with E-state index in [9.17, 15) is 0 Å². The highest BCUT2D eigenvalue weighted by atomic mass is 15.1. The highest BCUT2D eigenvalue weighted by Crippen LogP contribution is 2.11. The van der Waals surface area contributed by atoms with Crippen molar-refractivity contribution in [2.45, 2.75) is 53.0 Å². The fourth-order valence-corrected chi connectivity index (χ4v) is 2.53. The molecule has 0 saturated heterocycles. The third-order valence-corrected chi connectivity index (χ3v) is 3.73. The SMILES string of the molecule is CCN(CC)CCCC(CCN)N(CC)CC. The molecule has 0 aromatic carbocycles. The van der Waals surface area contributed by atoms with E-state index in [-0.39, 0.29) is 0 Å². The second kappa shape index (κ2) is 11.0. The van der Waals surface area contributed by atoms with Crippen molar-refractivity contribution in [3.05, 3.63) is 0 Å². The van der Waals surface area contributed by atoms with Gasteiger partial charge in [-0.25, -0.2) is 0 Å². The second-order valence-corrected chi connectivity index (χ2v) is 4.62. The van der Waals surface area contributed by atoms with Crippen LogP contribution in [-0.2, 0) is 0 Å². The zero-order valence-corrected chi connectivity index (χ0v) is 12.4. The minimum Gasteiger partial charge on any atom is -0.330 e. The molecule has 1 unspecified atom stereocenters. The first-order valence-electron chi connectivity index (χ1n) is 7.39. The number of rotatable bonds is 11. The van der Waals surface area contributed by atoms with Gasteiger partial charge in [-0.2, -0.15) is 0 Å². The van der Waals surface area contributed by atoms with Crippen LogP contribution in [0.3, 0.4) is 0 Å². The zero-order valence-electron chi connectivity index (χ0n) is 12.4. The summed E-state index contributed by atoms with van der Waals surface area (Å²) >= 11 is 0. The zero-order chi connectivity index (χ0) is 13.1. The molecule has 2 N–H and O–H groups in total. The van der Waals surface area contributed by atoms with E-state index in [0.717, 1.165) is 26.1 Å². The second-order valence-electron chi connectivity index (χ2n) is 4.62. The molecule has 0 heterocycles. The van der Waals surface area contributed by atoms with Gasteiger partial charge in [-0.15, -0.1) is 0 Å². The van der Waals surface area contributed by atoms with Crippen molar-refractivity contribution in [3.8, 4) is 0 Å². The van der Waals surface area contributed by atoms with Crippen molar-refractivity contribution >= 4 is 0 Å². The van der Waals surface area contributed by atoms with Crippen molar-refractivity contribution < 1.29 is 0 Å². The molecule has 3 heteroatoms. The largest absolute Gasteiger partial charge is 0.330 e. The Balaban J connectivity index is 3.99. The first-order valence-corrected chi connectivity index (χ1v) is 7.39. The van der Waals surface area contributed by atoms with Crippen molar-refractivity contribution in [1.29, 1.82) is 0 Å². The van der Waals surface area contributed by atoms with Crippen molar-refractivity contribution in [1.82, 2.24) is 9.80 Å². The van der Waals surface area contributed by atoms with E-state index in [2.05, 4.69) is 37.5 Å². The number of nitrogens with zero attached hydrogens (tertiary/aromatic N) is 2. The lowest BCUT2D eigenvalue weighted by molar-refractivity contribution is 0.186. The molecule has 0 fully saturated rings. The molecule has 0 aliphatic rings. The van der Waals surface area contributed by atoms with Crippen LogP contribution in [-0.4, -0.2) is 55.1 Å². The summed E-state index contributed by atoms with van der Waals surface area (Å²) in [5, 5.41) is 0. The van der Waals surface area contributed by atoms with Crippen molar-refractivity contribution in [3.63, 3.8) is 0 Å². The van der Waals surface area contributed by atoms with Gasteiger partial charge in [0.15, 0.2) is 0 Å². The summed E-state index contributed by atoms with van der Waals surface area (Å²) in [6.45, 7) is 15.7. The van der Waals surface area contributed by atoms with Gasteiger partial charge in [-0.05, 0) is 58.5 Å². The quantitative estimate of drug-likeness (QED) is 0.603. The standard InChI is InChI=1S/C14H33N3/c1-5-16(6-2)13-9-10-14(11-12-15)17(7-3)8-4/h14H,5-13,15H2,1-4H3. The maximum atomic E-state index is 5.72. The lowest BCUT2D eigenvalue weighted by Gasteiger charge is -2.30. The van der Waals surface area contributed by atoms with Crippen LogP contribution < -0.4 is 5.73 Å². The third-order valence-electron chi connectivity index (χ3n) is 3.73. The first kappa shape index (κ1) is 16.9. The van der Waals surface area contributed by atoms with Crippen LogP contribution >= 0.6 is 0 Å². The molecular weight excluding hydrogens is 210 g/mol. The lowest BCUT2D eigenvalue weighted by Crippen LogP contribution is -2.37. The Morgan fingerprint density at radius 3 is 1.88 bits per heavy atom. The van der Waals surface area contributed by atoms with E-state index >= 15 is 0 Å². The van der Waals surface area contributed by atoms with Crippen LogP contribution in [0, 0.1) is 0 Å². The van der Waals surface area contributed by atoms with Gasteiger partial charge in [-0.1, -0.05) is 27.7 Å². The summed E-state index contributed by atoms with van der Waals surface area (Å²) in [5.74, 6) is 0. The van der Waals surface area contributed by atoms with Gasteiger partial charge >= 0.3 is 0 Å². The Bertz CT molecular complexity index is 154. The van der Waals surface area contributed by atoms with E-state index in [1.807, 2.05) is 0 Å². The summed E-state index contributed by atoms with van der Waals surface area (Å²) in [4.78, 5) is 5.05. The van der Waals surface area contributed by atoms with E-state index in [4.69, 9.17) is 5.73 Å². The van der Waals surface area contributed by atoms with E-state index in [0.29, 0.717) is 6.04 Å². The molecule has 17 heavy (non-hydrogen) atoms. The van der Waals surface area contributed by atoms with E-state index < -0.39 is 0 Å². The highest BCUT2D eigenvalue weighted by molar-refractivity contribution is 4.71. The summed E-state index contributed by atoms with van der Waals surface area (Å²) in [6.07, 6.45) is 3.72. The van der Waals surface area contributed by atoms with Gasteiger partial charge in [0.25, 0.3) is 0 Å². The average Bonchev–Trinajstić information content (AvgIpc) is 2.36. The molecule has 0 aromatic rings. The van der Waals surface area contributed by atoms with E-state index in [1.54, 1.807) is 0 Å². The summed E-state index contributed by atoms with van der Waals surface area (Å²) in [5.41, 5.74) is 5.72. The van der Waals surface area contributed by atoms with Crippen LogP contribution in [0.15, 0.2) is 0 Å². The van der Waals surface area contributed by atoms with Crippen LogP contribution in [0.4, 0.5) is 0 Å². The highest BCUT2D eigenvalue weighted by Gasteiger charge is 2.14. The number of nitrogens with two attached hydrogens (primary N) is 1. The molecule has 0 rings (SSSR count). The smallest absolute Gasteiger partial charge is 0.0107 e. The summed E-state index contributed by atoms with van der Waals surface area (Å²) in [7, 11) is 0. The minimum absolute atomic E-state index is 0.686. The van der Waals surface area contributed by atoms with Gasteiger partial charge in [0.1, 0.15) is 0 Å². The molecule has 0 spiro atoms. The Labute approximate surface area is 108 Å². The van der Waals surface area contributed by atoms with Crippen LogP contribution in [0.1, 0.15) is 47.0 Å². The van der Waals surface area contributed by atoms with Gasteiger partial charge in [0.05, 0.1) is 0 Å². The first-order chi connectivity index (χ1) is 8.23. The Morgan fingerprint density at radius 1 is 0.882 bits per heavy atom. The van der Waals surface area contributed by atoms with Crippen molar-refractivity contribution in [2.24, 2.45) is 5.73 Å². The molecule has 3 nitrogen and oxygen atoms in total. The third kappa shape index (κ3) is 7.02. The summed E-state index contributed by atoms with van der Waals surface area (Å²) < 4.78 is 0. The molecule has 0 amide bonds. The van der Waals surface area contributed by atoms with Crippen LogP contribution in [0.5, 0.6) is 0 Å². The fraction of sp³-hybridized carbons (Fsp3) is 1.00. The number of hydrogen-bond acceptors (Lipinski definition) is 3. The molecule has 0 bridgehead atoms. The van der Waals surface area contributed by atoms with Gasteiger partial charge in [0, 0.05) is 6.04 Å². The molecule has 1 atom stereocenters. The minimum atomic E-state index is 0.686. The normalized spacial score (nSPS) is 13.6. The molecule has 0 aromatic heterocycles. The Hall–Kier alpha value is -0.120. The topological polar surface area (TPSA) is 32.5 Å². The Morgan fingerprint density at radius 2 is 1.47 bits per heavy atom.